The second kappa shape index (κ2) is 8.15. The molecule has 0 bridgehead atoms. The maximum atomic E-state index is 11.8. The van der Waals surface area contributed by atoms with Gasteiger partial charge in [0.15, 0.2) is 6.61 Å². The van der Waals surface area contributed by atoms with Gasteiger partial charge in [-0.25, -0.2) is 5.43 Å². The van der Waals surface area contributed by atoms with Gasteiger partial charge in [0, 0.05) is 36.7 Å². The van der Waals surface area contributed by atoms with E-state index in [2.05, 4.69) is 22.4 Å². The minimum Gasteiger partial charge on any atom is -0.483 e. The molecule has 0 unspecified atom stereocenters. The quantitative estimate of drug-likeness (QED) is 0.847. The summed E-state index contributed by atoms with van der Waals surface area (Å²) in [7, 11) is 0. The Hall–Kier alpha value is -1.59. The zero-order valence-corrected chi connectivity index (χ0v) is 13.8. The summed E-state index contributed by atoms with van der Waals surface area (Å²) in [6.07, 6.45) is 1.82. The SMILES string of the molecule is CCN1CCC(=NNC(=O)COc2ccc(Cl)cc2C)CC1. The van der Waals surface area contributed by atoms with Gasteiger partial charge in [0.25, 0.3) is 5.91 Å². The number of aryl methyl sites for hydroxylation is 1. The van der Waals surface area contributed by atoms with Crippen molar-refractivity contribution in [2.45, 2.75) is 26.7 Å². The van der Waals surface area contributed by atoms with Crippen LogP contribution in [0.25, 0.3) is 0 Å². The van der Waals surface area contributed by atoms with E-state index in [1.165, 1.54) is 0 Å². The van der Waals surface area contributed by atoms with Crippen LogP contribution in [0, 0.1) is 6.92 Å². The summed E-state index contributed by atoms with van der Waals surface area (Å²) in [5.41, 5.74) is 4.51. The largest absolute Gasteiger partial charge is 0.483 e. The second-order valence-corrected chi connectivity index (χ2v) is 5.78. The van der Waals surface area contributed by atoms with Gasteiger partial charge >= 0.3 is 0 Å². The Kier molecular flexibility index (Phi) is 6.21. The number of nitrogens with one attached hydrogen (secondary N) is 1. The first-order valence-electron chi connectivity index (χ1n) is 7.54. The molecule has 22 heavy (non-hydrogen) atoms. The van der Waals surface area contributed by atoms with Crippen molar-refractivity contribution in [3.05, 3.63) is 28.8 Å². The number of hydrogen-bond donors (Lipinski definition) is 1. The average Bonchev–Trinajstić information content (AvgIpc) is 2.52. The first-order chi connectivity index (χ1) is 10.6. The summed E-state index contributed by atoms with van der Waals surface area (Å²) >= 11 is 5.88. The number of rotatable bonds is 5. The van der Waals surface area contributed by atoms with Crippen LogP contribution in [0.4, 0.5) is 0 Å². The van der Waals surface area contributed by atoms with Gasteiger partial charge in [0.1, 0.15) is 5.75 Å². The van der Waals surface area contributed by atoms with Crippen LogP contribution in [0.15, 0.2) is 23.3 Å². The molecule has 1 fully saturated rings. The zero-order chi connectivity index (χ0) is 15.9. The number of halogens is 1. The number of ether oxygens (including phenoxy) is 1. The summed E-state index contributed by atoms with van der Waals surface area (Å²) in [4.78, 5) is 14.1. The number of carbonyl (C=O) groups excluding carboxylic acids is 1. The van der Waals surface area contributed by atoms with E-state index >= 15 is 0 Å². The van der Waals surface area contributed by atoms with Crippen LogP contribution in [-0.2, 0) is 4.79 Å². The van der Waals surface area contributed by atoms with Crippen molar-refractivity contribution in [1.82, 2.24) is 10.3 Å². The highest BCUT2D eigenvalue weighted by Crippen LogP contribution is 2.21. The topological polar surface area (TPSA) is 53.9 Å². The molecular weight excluding hydrogens is 302 g/mol. The fourth-order valence-corrected chi connectivity index (χ4v) is 2.56. The summed E-state index contributed by atoms with van der Waals surface area (Å²) in [6, 6.07) is 5.30. The van der Waals surface area contributed by atoms with Crippen molar-refractivity contribution in [2.24, 2.45) is 5.10 Å². The van der Waals surface area contributed by atoms with Crippen molar-refractivity contribution in [1.29, 1.82) is 0 Å². The minimum absolute atomic E-state index is 0.0552. The molecular formula is C16H22ClN3O2. The third-order valence-corrected chi connectivity index (χ3v) is 3.95. The minimum atomic E-state index is -0.250. The van der Waals surface area contributed by atoms with Crippen LogP contribution in [0.5, 0.6) is 5.75 Å². The fraction of sp³-hybridized carbons (Fsp3) is 0.500. The summed E-state index contributed by atoms with van der Waals surface area (Å²) in [5.74, 6) is 0.406. The highest BCUT2D eigenvalue weighted by atomic mass is 35.5. The normalized spacial score (nSPS) is 15.5. The monoisotopic (exact) mass is 323 g/mol. The van der Waals surface area contributed by atoms with E-state index in [1.807, 2.05) is 6.92 Å². The van der Waals surface area contributed by atoms with Gasteiger partial charge < -0.3 is 9.64 Å². The molecule has 0 radical (unpaired) electrons. The van der Waals surface area contributed by atoms with Gasteiger partial charge in [-0.2, -0.15) is 5.10 Å². The third kappa shape index (κ3) is 5.00. The lowest BCUT2D eigenvalue weighted by atomic mass is 10.1. The lowest BCUT2D eigenvalue weighted by Crippen LogP contribution is -2.35. The second-order valence-electron chi connectivity index (χ2n) is 5.35. The molecule has 0 atom stereocenters. The molecule has 1 aromatic carbocycles. The third-order valence-electron chi connectivity index (χ3n) is 3.71. The molecule has 1 aliphatic heterocycles. The molecule has 1 N–H and O–H groups in total. The molecule has 1 heterocycles. The van der Waals surface area contributed by atoms with Crippen molar-refractivity contribution < 1.29 is 9.53 Å². The van der Waals surface area contributed by atoms with Crippen LogP contribution in [0.2, 0.25) is 5.02 Å². The number of hydrogen-bond acceptors (Lipinski definition) is 4. The molecule has 1 saturated heterocycles. The van der Waals surface area contributed by atoms with Gasteiger partial charge in [-0.15, -0.1) is 0 Å². The lowest BCUT2D eigenvalue weighted by Gasteiger charge is -2.25. The van der Waals surface area contributed by atoms with Gasteiger partial charge in [-0.1, -0.05) is 18.5 Å². The predicted molar refractivity (Wildman–Crippen MR) is 88.6 cm³/mol. The number of carbonyl (C=O) groups is 1. The molecule has 1 aliphatic rings. The molecule has 2 rings (SSSR count). The Balaban J connectivity index is 1.76. The lowest BCUT2D eigenvalue weighted by molar-refractivity contribution is -0.123. The summed E-state index contributed by atoms with van der Waals surface area (Å²) < 4.78 is 5.48. The van der Waals surface area contributed by atoms with E-state index in [0.717, 1.165) is 43.8 Å². The maximum Gasteiger partial charge on any atom is 0.277 e. The number of benzene rings is 1. The van der Waals surface area contributed by atoms with Crippen LogP contribution in [0.3, 0.4) is 0 Å². The summed E-state index contributed by atoms with van der Waals surface area (Å²) in [6.45, 7) is 7.06. The van der Waals surface area contributed by atoms with Crippen LogP contribution in [-0.4, -0.2) is 42.8 Å². The standard InChI is InChI=1S/C16H22ClN3O2/c1-3-20-8-6-14(7-9-20)18-19-16(21)11-22-15-5-4-13(17)10-12(15)2/h4-5,10H,3,6-9,11H2,1-2H3,(H,19,21). The van der Waals surface area contributed by atoms with Gasteiger partial charge in [0.05, 0.1) is 0 Å². The van der Waals surface area contributed by atoms with Crippen LogP contribution < -0.4 is 10.2 Å². The number of hydrazone groups is 1. The highest BCUT2D eigenvalue weighted by molar-refractivity contribution is 6.30. The number of nitrogens with zero attached hydrogens (tertiary/aromatic N) is 2. The molecule has 120 valence electrons. The summed E-state index contributed by atoms with van der Waals surface area (Å²) in [5, 5.41) is 4.84. The smallest absolute Gasteiger partial charge is 0.277 e. The van der Waals surface area contributed by atoms with Crippen molar-refractivity contribution >= 4 is 23.2 Å². The van der Waals surface area contributed by atoms with E-state index < -0.39 is 0 Å². The molecule has 1 aromatic rings. The predicted octanol–water partition coefficient (Wildman–Crippen LogP) is 2.62. The van der Waals surface area contributed by atoms with Gasteiger partial charge in [-0.3, -0.25) is 4.79 Å². The van der Waals surface area contributed by atoms with Crippen LogP contribution in [0.1, 0.15) is 25.3 Å². The first kappa shape index (κ1) is 16.8. The van der Waals surface area contributed by atoms with Gasteiger partial charge in [-0.05, 0) is 37.2 Å². The first-order valence-corrected chi connectivity index (χ1v) is 7.92. The number of amides is 1. The molecule has 0 aromatic heterocycles. The molecule has 0 spiro atoms. The maximum absolute atomic E-state index is 11.8. The van der Waals surface area contributed by atoms with E-state index in [-0.39, 0.29) is 12.5 Å². The molecule has 1 amide bonds. The Morgan fingerprint density at radius 3 is 2.77 bits per heavy atom. The molecule has 6 heteroatoms. The Morgan fingerprint density at radius 1 is 1.41 bits per heavy atom. The van der Waals surface area contributed by atoms with E-state index in [4.69, 9.17) is 16.3 Å². The fourth-order valence-electron chi connectivity index (χ4n) is 2.33. The van der Waals surface area contributed by atoms with E-state index in [1.54, 1.807) is 18.2 Å². The van der Waals surface area contributed by atoms with Crippen molar-refractivity contribution in [3.63, 3.8) is 0 Å². The van der Waals surface area contributed by atoms with Crippen molar-refractivity contribution in [2.75, 3.05) is 26.2 Å². The number of likely N-dealkylation sites (tertiary alicyclic amines) is 1. The molecule has 5 nitrogen and oxygen atoms in total. The Morgan fingerprint density at radius 2 is 2.14 bits per heavy atom. The number of piperidine rings is 1. The Labute approximate surface area is 136 Å². The highest BCUT2D eigenvalue weighted by Gasteiger charge is 2.13. The zero-order valence-electron chi connectivity index (χ0n) is 13.1. The Bertz CT molecular complexity index is 550. The molecule has 0 saturated carbocycles. The van der Waals surface area contributed by atoms with Gasteiger partial charge in [0.2, 0.25) is 0 Å². The van der Waals surface area contributed by atoms with Crippen LogP contribution >= 0.6 is 11.6 Å². The van der Waals surface area contributed by atoms with E-state index in [9.17, 15) is 4.79 Å². The van der Waals surface area contributed by atoms with Crippen molar-refractivity contribution in [3.8, 4) is 5.75 Å². The molecule has 0 aliphatic carbocycles. The average molecular weight is 324 g/mol. The van der Waals surface area contributed by atoms with E-state index in [0.29, 0.717) is 10.8 Å².